The minimum absolute atomic E-state index is 0.270. The highest BCUT2D eigenvalue weighted by Crippen LogP contribution is 2.54. The first-order valence-corrected chi connectivity index (χ1v) is 13.0. The molecule has 2 aromatic carbocycles. The zero-order valence-electron chi connectivity index (χ0n) is 21.8. The molecule has 3 heterocycles. The van der Waals surface area contributed by atoms with Gasteiger partial charge in [0, 0.05) is 39.9 Å². The molecule has 6 rings (SSSR count). The Morgan fingerprint density at radius 2 is 1.76 bits per heavy atom. The Morgan fingerprint density at radius 3 is 2.43 bits per heavy atom. The van der Waals surface area contributed by atoms with Gasteiger partial charge in [0.05, 0.1) is 11.4 Å². The second-order valence-corrected chi connectivity index (χ2v) is 11.3. The molecule has 0 saturated heterocycles. The lowest BCUT2D eigenvalue weighted by Gasteiger charge is -2.53. The number of halogens is 1. The molecule has 5 aromatic rings. The maximum absolute atomic E-state index is 15.0. The van der Waals surface area contributed by atoms with E-state index in [2.05, 4.69) is 56.9 Å². The smallest absolute Gasteiger partial charge is 0.165 e. The van der Waals surface area contributed by atoms with Crippen LogP contribution in [-0.4, -0.2) is 19.6 Å². The number of pyridine rings is 1. The van der Waals surface area contributed by atoms with Crippen LogP contribution in [0.3, 0.4) is 0 Å². The van der Waals surface area contributed by atoms with E-state index in [-0.39, 0.29) is 17.3 Å². The van der Waals surface area contributed by atoms with Crippen LogP contribution in [0.1, 0.15) is 64.1 Å². The maximum Gasteiger partial charge on any atom is 0.165 e. The van der Waals surface area contributed by atoms with Gasteiger partial charge in [0.15, 0.2) is 11.3 Å². The Bertz CT molecular complexity index is 1630. The highest BCUT2D eigenvalue weighted by molar-refractivity contribution is 5.90. The maximum atomic E-state index is 15.0. The Morgan fingerprint density at radius 1 is 1.03 bits per heavy atom. The number of aromatic nitrogens is 4. The van der Waals surface area contributed by atoms with Gasteiger partial charge in [0.2, 0.25) is 0 Å². The van der Waals surface area contributed by atoms with Gasteiger partial charge in [0.1, 0.15) is 5.82 Å². The lowest BCUT2D eigenvalue weighted by atomic mass is 9.55. The molecule has 0 aliphatic heterocycles. The highest BCUT2D eigenvalue weighted by atomic mass is 19.1. The largest absolute Gasteiger partial charge is 0.321 e. The van der Waals surface area contributed by atoms with Crippen molar-refractivity contribution < 1.29 is 4.39 Å². The van der Waals surface area contributed by atoms with Crippen molar-refractivity contribution in [3.05, 3.63) is 83.9 Å². The molecule has 3 aromatic heterocycles. The third kappa shape index (κ3) is 3.91. The molecule has 2 N–H and O–H groups in total. The lowest BCUT2D eigenvalue weighted by molar-refractivity contribution is 0.0391. The summed E-state index contributed by atoms with van der Waals surface area (Å²) in [5.74, 6) is -0.0166. The zero-order valence-corrected chi connectivity index (χ0v) is 21.8. The van der Waals surface area contributed by atoms with Gasteiger partial charge in [-0.3, -0.25) is 0 Å². The highest BCUT2D eigenvalue weighted by Gasteiger charge is 2.49. The van der Waals surface area contributed by atoms with Crippen LogP contribution in [-0.2, 0) is 5.54 Å². The van der Waals surface area contributed by atoms with Gasteiger partial charge in [-0.2, -0.15) is 9.61 Å². The van der Waals surface area contributed by atoms with E-state index in [0.29, 0.717) is 22.3 Å². The molecule has 0 radical (unpaired) electrons. The van der Waals surface area contributed by atoms with Gasteiger partial charge in [-0.05, 0) is 41.9 Å². The molecule has 37 heavy (non-hydrogen) atoms. The van der Waals surface area contributed by atoms with Crippen LogP contribution in [0.25, 0.3) is 39.1 Å². The second kappa shape index (κ2) is 8.45. The Hall–Kier alpha value is -3.64. The summed E-state index contributed by atoms with van der Waals surface area (Å²) in [4.78, 5) is 9.69. The van der Waals surface area contributed by atoms with Crippen molar-refractivity contribution in [2.45, 2.75) is 58.4 Å². The Labute approximate surface area is 216 Å². The molecular weight excluding hydrogens is 461 g/mol. The summed E-state index contributed by atoms with van der Waals surface area (Å²) in [6, 6.07) is 19.1. The summed E-state index contributed by atoms with van der Waals surface area (Å²) in [6.07, 6.45) is 4.88. The summed E-state index contributed by atoms with van der Waals surface area (Å²) in [6.45, 7) is 8.75. The van der Waals surface area contributed by atoms with Crippen molar-refractivity contribution in [1.29, 1.82) is 0 Å². The number of hydrogen-bond donors (Lipinski definition) is 1. The van der Waals surface area contributed by atoms with Crippen molar-refractivity contribution in [3.8, 4) is 22.4 Å². The van der Waals surface area contributed by atoms with E-state index >= 15 is 4.39 Å². The quantitative estimate of drug-likeness (QED) is 0.280. The van der Waals surface area contributed by atoms with Crippen molar-refractivity contribution >= 4 is 16.7 Å². The summed E-state index contributed by atoms with van der Waals surface area (Å²) in [7, 11) is 0. The molecule has 5 nitrogen and oxygen atoms in total. The van der Waals surface area contributed by atoms with E-state index in [1.54, 1.807) is 22.8 Å². The molecule has 1 saturated carbocycles. The second-order valence-electron chi connectivity index (χ2n) is 11.3. The third-order valence-corrected chi connectivity index (χ3v) is 8.10. The van der Waals surface area contributed by atoms with Crippen LogP contribution in [0, 0.1) is 11.2 Å². The van der Waals surface area contributed by atoms with Crippen LogP contribution >= 0.6 is 0 Å². The fraction of sp³-hybridized carbons (Fsp3) is 0.323. The lowest BCUT2D eigenvalue weighted by Crippen LogP contribution is -2.54. The summed E-state index contributed by atoms with van der Waals surface area (Å²) >= 11 is 0. The first-order valence-electron chi connectivity index (χ1n) is 13.0. The number of fused-ring (bicyclic) bond motifs is 3. The number of benzene rings is 2. The number of nitrogens with zero attached hydrogens (tertiary/aromatic N) is 4. The average Bonchev–Trinajstić information content (AvgIpc) is 3.33. The fourth-order valence-electron chi connectivity index (χ4n) is 5.83. The Balaban J connectivity index is 1.52. The van der Waals surface area contributed by atoms with Crippen molar-refractivity contribution in [3.63, 3.8) is 0 Å². The summed E-state index contributed by atoms with van der Waals surface area (Å²) < 4.78 is 16.8. The van der Waals surface area contributed by atoms with E-state index in [1.165, 1.54) is 6.07 Å². The van der Waals surface area contributed by atoms with Gasteiger partial charge in [-0.1, -0.05) is 76.6 Å². The van der Waals surface area contributed by atoms with Crippen molar-refractivity contribution in [2.75, 3.05) is 0 Å². The summed E-state index contributed by atoms with van der Waals surface area (Å²) in [5.41, 5.74) is 13.2. The van der Waals surface area contributed by atoms with Crippen LogP contribution in [0.4, 0.5) is 4.39 Å². The normalized spacial score (nSPS) is 21.6. The average molecular weight is 494 g/mol. The minimum atomic E-state index is -0.297. The van der Waals surface area contributed by atoms with Crippen LogP contribution in [0.2, 0.25) is 0 Å². The Kier molecular flexibility index (Phi) is 5.42. The zero-order chi connectivity index (χ0) is 25.9. The molecule has 0 bridgehead atoms. The van der Waals surface area contributed by atoms with Gasteiger partial charge < -0.3 is 5.73 Å². The predicted molar refractivity (Wildman–Crippen MR) is 147 cm³/mol. The first kappa shape index (κ1) is 23.7. The SMILES string of the molecule is CCC1(C)CC(N)(c2ccc(-c3nc4c(cnc5cc(C(C)C)nn54)cc3-c3ccccc3F)cc2)C1. The molecule has 6 heteroatoms. The molecule has 188 valence electrons. The van der Waals surface area contributed by atoms with E-state index in [1.807, 2.05) is 18.2 Å². The number of hydrogen-bond acceptors (Lipinski definition) is 4. The molecule has 0 amide bonds. The van der Waals surface area contributed by atoms with E-state index < -0.39 is 0 Å². The van der Waals surface area contributed by atoms with Crippen LogP contribution in [0.5, 0.6) is 0 Å². The number of rotatable bonds is 5. The molecule has 0 unspecified atom stereocenters. The molecule has 1 aliphatic carbocycles. The summed E-state index contributed by atoms with van der Waals surface area (Å²) in [5, 5.41) is 5.59. The van der Waals surface area contributed by atoms with Crippen molar-refractivity contribution in [2.24, 2.45) is 11.1 Å². The molecule has 1 fully saturated rings. The van der Waals surface area contributed by atoms with E-state index in [4.69, 9.17) is 15.8 Å². The van der Waals surface area contributed by atoms with Gasteiger partial charge >= 0.3 is 0 Å². The minimum Gasteiger partial charge on any atom is -0.321 e. The molecule has 0 atom stereocenters. The van der Waals surface area contributed by atoms with Crippen LogP contribution in [0.15, 0.2) is 66.9 Å². The van der Waals surface area contributed by atoms with Gasteiger partial charge in [-0.25, -0.2) is 14.4 Å². The standard InChI is InChI=1S/C31H32FN5/c1-5-30(4)17-31(33,18-30)22-12-10-20(11-13-22)28-24(23-8-6-7-9-25(23)32)14-21-16-34-27-15-26(19(2)3)36-37(27)29(21)35-28/h6-16,19H,5,17-18,33H2,1-4H3. The van der Waals surface area contributed by atoms with E-state index in [9.17, 15) is 0 Å². The first-order chi connectivity index (χ1) is 17.7. The molecular formula is C31H32FN5. The van der Waals surface area contributed by atoms with E-state index in [0.717, 1.165) is 52.7 Å². The third-order valence-electron chi connectivity index (χ3n) is 8.10. The molecule has 1 aliphatic rings. The predicted octanol–water partition coefficient (Wildman–Crippen LogP) is 7.24. The van der Waals surface area contributed by atoms with Gasteiger partial charge in [-0.15, -0.1) is 0 Å². The van der Waals surface area contributed by atoms with Gasteiger partial charge in [0.25, 0.3) is 0 Å². The van der Waals surface area contributed by atoms with Crippen LogP contribution < -0.4 is 5.73 Å². The topological polar surface area (TPSA) is 69.1 Å². The molecule has 0 spiro atoms. The fourth-order valence-corrected chi connectivity index (χ4v) is 5.83. The van der Waals surface area contributed by atoms with Crippen molar-refractivity contribution in [1.82, 2.24) is 19.6 Å². The monoisotopic (exact) mass is 493 g/mol. The number of nitrogens with two attached hydrogens (primary N) is 1.